The number of hydrogen-bond donors (Lipinski definition) is 2. The van der Waals surface area contributed by atoms with Crippen LogP contribution in [0.2, 0.25) is 10.0 Å². The predicted molar refractivity (Wildman–Crippen MR) is 93.7 cm³/mol. The molecule has 24 heavy (non-hydrogen) atoms. The van der Waals surface area contributed by atoms with Crippen molar-refractivity contribution in [2.45, 2.75) is 6.42 Å². The Balaban J connectivity index is 1.73. The summed E-state index contributed by atoms with van der Waals surface area (Å²) in [6.07, 6.45) is 0.0969. The molecule has 1 fully saturated rings. The number of phenolic OH excluding ortho intramolecular Hbond substituents is 1. The standard InChI is InChI=1S/C17H14Cl2N2O3/c18-11-2-1-3-13(7-11)21-9-10(6-16(21)23)17(24)20-14-8-12(19)4-5-15(14)22/h1-5,7-8,10,22H,6,9H2,(H,20,24). The van der Waals surface area contributed by atoms with E-state index in [2.05, 4.69) is 5.32 Å². The molecule has 124 valence electrons. The molecule has 7 heteroatoms. The topological polar surface area (TPSA) is 69.6 Å². The van der Waals surface area contributed by atoms with E-state index in [0.29, 0.717) is 15.7 Å². The normalized spacial score (nSPS) is 17.2. The summed E-state index contributed by atoms with van der Waals surface area (Å²) >= 11 is 11.8. The molecule has 3 rings (SSSR count). The van der Waals surface area contributed by atoms with Crippen molar-refractivity contribution >= 4 is 46.4 Å². The maximum Gasteiger partial charge on any atom is 0.229 e. The fourth-order valence-electron chi connectivity index (χ4n) is 2.62. The fourth-order valence-corrected chi connectivity index (χ4v) is 2.98. The van der Waals surface area contributed by atoms with Crippen molar-refractivity contribution in [3.8, 4) is 5.75 Å². The van der Waals surface area contributed by atoms with Gasteiger partial charge in [0.05, 0.1) is 11.6 Å². The third kappa shape index (κ3) is 3.47. The Labute approximate surface area is 148 Å². The summed E-state index contributed by atoms with van der Waals surface area (Å²) in [5, 5.41) is 13.3. The zero-order valence-electron chi connectivity index (χ0n) is 12.5. The zero-order valence-corrected chi connectivity index (χ0v) is 14.0. The van der Waals surface area contributed by atoms with Gasteiger partial charge in [0.2, 0.25) is 11.8 Å². The number of carbonyl (C=O) groups excluding carboxylic acids is 2. The summed E-state index contributed by atoms with van der Waals surface area (Å²) < 4.78 is 0. The van der Waals surface area contributed by atoms with E-state index in [4.69, 9.17) is 23.2 Å². The Hall–Kier alpha value is -2.24. The molecular weight excluding hydrogens is 351 g/mol. The van der Waals surface area contributed by atoms with Crippen molar-refractivity contribution in [1.29, 1.82) is 0 Å². The number of rotatable bonds is 3. The Morgan fingerprint density at radius 2 is 1.92 bits per heavy atom. The first kappa shape index (κ1) is 16.6. The maximum atomic E-state index is 12.4. The second kappa shape index (κ2) is 6.71. The van der Waals surface area contributed by atoms with Gasteiger partial charge in [-0.2, -0.15) is 0 Å². The Bertz CT molecular complexity index is 810. The smallest absolute Gasteiger partial charge is 0.229 e. The molecule has 2 amide bonds. The van der Waals surface area contributed by atoms with Crippen molar-refractivity contribution in [3.63, 3.8) is 0 Å². The molecule has 2 N–H and O–H groups in total. The van der Waals surface area contributed by atoms with Gasteiger partial charge in [0.1, 0.15) is 5.75 Å². The summed E-state index contributed by atoms with van der Waals surface area (Å²) in [5.74, 6) is -1.09. The average molecular weight is 365 g/mol. The lowest BCUT2D eigenvalue weighted by Gasteiger charge is -2.17. The third-order valence-corrected chi connectivity index (χ3v) is 4.30. The molecule has 5 nitrogen and oxygen atoms in total. The minimum atomic E-state index is -0.519. The quantitative estimate of drug-likeness (QED) is 0.815. The second-order valence-corrected chi connectivity index (χ2v) is 6.41. The second-order valence-electron chi connectivity index (χ2n) is 5.54. The molecule has 1 heterocycles. The van der Waals surface area contributed by atoms with E-state index in [1.54, 1.807) is 24.3 Å². The molecule has 0 saturated carbocycles. The lowest BCUT2D eigenvalue weighted by molar-refractivity contribution is -0.122. The molecule has 1 aliphatic rings. The molecule has 0 bridgehead atoms. The summed E-state index contributed by atoms with van der Waals surface area (Å²) in [6.45, 7) is 0.256. The van der Waals surface area contributed by atoms with Crippen molar-refractivity contribution in [2.75, 3.05) is 16.8 Å². The highest BCUT2D eigenvalue weighted by Gasteiger charge is 2.35. The van der Waals surface area contributed by atoms with Crippen molar-refractivity contribution in [2.24, 2.45) is 5.92 Å². The molecule has 2 aromatic rings. The van der Waals surface area contributed by atoms with Crippen LogP contribution in [0.15, 0.2) is 42.5 Å². The molecule has 1 saturated heterocycles. The van der Waals surface area contributed by atoms with Gasteiger partial charge in [-0.1, -0.05) is 29.3 Å². The average Bonchev–Trinajstić information content (AvgIpc) is 2.93. The number of nitrogens with zero attached hydrogens (tertiary/aromatic N) is 1. The minimum Gasteiger partial charge on any atom is -0.506 e. The summed E-state index contributed by atoms with van der Waals surface area (Å²) in [5.41, 5.74) is 0.884. The molecule has 2 aromatic carbocycles. The molecule has 1 unspecified atom stereocenters. The summed E-state index contributed by atoms with van der Waals surface area (Å²) in [7, 11) is 0. The molecule has 1 aliphatic heterocycles. The van der Waals surface area contributed by atoms with Crippen LogP contribution in [-0.2, 0) is 9.59 Å². The van der Waals surface area contributed by atoms with Crippen LogP contribution in [0, 0.1) is 5.92 Å². The van der Waals surface area contributed by atoms with Gasteiger partial charge >= 0.3 is 0 Å². The van der Waals surface area contributed by atoms with E-state index in [1.807, 2.05) is 0 Å². The van der Waals surface area contributed by atoms with Crippen molar-refractivity contribution in [1.82, 2.24) is 0 Å². The summed E-state index contributed by atoms with van der Waals surface area (Å²) in [6, 6.07) is 11.3. The van der Waals surface area contributed by atoms with Gasteiger partial charge in [-0.15, -0.1) is 0 Å². The van der Waals surface area contributed by atoms with Crippen LogP contribution >= 0.6 is 23.2 Å². The van der Waals surface area contributed by atoms with Gasteiger partial charge in [-0.3, -0.25) is 9.59 Å². The van der Waals surface area contributed by atoms with Gasteiger partial charge in [-0.25, -0.2) is 0 Å². The largest absolute Gasteiger partial charge is 0.506 e. The molecule has 0 aromatic heterocycles. The van der Waals surface area contributed by atoms with E-state index in [0.717, 1.165) is 0 Å². The summed E-state index contributed by atoms with van der Waals surface area (Å²) in [4.78, 5) is 26.1. The third-order valence-electron chi connectivity index (χ3n) is 3.83. The molecular formula is C17H14Cl2N2O3. The molecule has 0 radical (unpaired) electrons. The van der Waals surface area contributed by atoms with Crippen molar-refractivity contribution < 1.29 is 14.7 Å². The van der Waals surface area contributed by atoms with Crippen LogP contribution in [0.4, 0.5) is 11.4 Å². The highest BCUT2D eigenvalue weighted by molar-refractivity contribution is 6.31. The van der Waals surface area contributed by atoms with Gasteiger partial charge in [-0.05, 0) is 36.4 Å². The SMILES string of the molecule is O=C(Nc1cc(Cl)ccc1O)C1CC(=O)N(c2cccc(Cl)c2)C1. The fraction of sp³-hybridized carbons (Fsp3) is 0.176. The number of amides is 2. The number of hydrogen-bond acceptors (Lipinski definition) is 3. The highest BCUT2D eigenvalue weighted by atomic mass is 35.5. The zero-order chi connectivity index (χ0) is 17.3. The van der Waals surface area contributed by atoms with Crippen LogP contribution in [0.5, 0.6) is 5.75 Å². The van der Waals surface area contributed by atoms with Gasteiger partial charge in [0.25, 0.3) is 0 Å². The minimum absolute atomic E-state index is 0.0798. The van der Waals surface area contributed by atoms with Crippen LogP contribution in [0.1, 0.15) is 6.42 Å². The van der Waals surface area contributed by atoms with E-state index in [9.17, 15) is 14.7 Å². The monoisotopic (exact) mass is 364 g/mol. The number of aromatic hydroxyl groups is 1. The molecule has 0 spiro atoms. The number of carbonyl (C=O) groups is 2. The highest BCUT2D eigenvalue weighted by Crippen LogP contribution is 2.30. The van der Waals surface area contributed by atoms with Gasteiger partial charge in [0.15, 0.2) is 0 Å². The number of phenols is 1. The Morgan fingerprint density at radius 1 is 1.17 bits per heavy atom. The first-order valence-electron chi connectivity index (χ1n) is 7.29. The first-order valence-corrected chi connectivity index (χ1v) is 8.05. The lowest BCUT2D eigenvalue weighted by atomic mass is 10.1. The maximum absolute atomic E-state index is 12.4. The van der Waals surface area contributed by atoms with Crippen molar-refractivity contribution in [3.05, 3.63) is 52.5 Å². The number of halogens is 2. The number of benzene rings is 2. The van der Waals surface area contributed by atoms with E-state index < -0.39 is 5.92 Å². The molecule has 0 aliphatic carbocycles. The number of anilines is 2. The number of nitrogens with one attached hydrogen (secondary N) is 1. The van der Waals surface area contributed by atoms with Crippen LogP contribution in [0.25, 0.3) is 0 Å². The van der Waals surface area contributed by atoms with Crippen LogP contribution in [-0.4, -0.2) is 23.5 Å². The van der Waals surface area contributed by atoms with Crippen LogP contribution in [0.3, 0.4) is 0 Å². The van der Waals surface area contributed by atoms with E-state index in [1.165, 1.54) is 23.1 Å². The Morgan fingerprint density at radius 3 is 2.67 bits per heavy atom. The molecule has 1 atom stereocenters. The lowest BCUT2D eigenvalue weighted by Crippen LogP contribution is -2.28. The van der Waals surface area contributed by atoms with Gasteiger partial charge < -0.3 is 15.3 Å². The Kier molecular flexibility index (Phi) is 4.64. The first-order chi connectivity index (χ1) is 11.4. The predicted octanol–water partition coefficient (Wildman–Crippen LogP) is 3.69. The van der Waals surface area contributed by atoms with E-state index in [-0.39, 0.29) is 36.2 Å². The van der Waals surface area contributed by atoms with E-state index >= 15 is 0 Å². The van der Waals surface area contributed by atoms with Gasteiger partial charge in [0, 0.05) is 28.7 Å². The van der Waals surface area contributed by atoms with Crippen LogP contribution < -0.4 is 10.2 Å².